The van der Waals surface area contributed by atoms with Gasteiger partial charge in [-0.05, 0) is 153 Å². The molecule has 0 spiro atoms. The molecule has 3 aliphatic rings. The zero-order valence-electron chi connectivity index (χ0n) is 38.0. The van der Waals surface area contributed by atoms with Crippen LogP contribution in [0.15, 0.2) is 53.0 Å². The SMILES string of the molecule is CC1(C)OB(B2OC(C)(C)C(C)(C)O2)OC1(C)C.COC(=O)C(C)(C)COc1ccc(B2OC(C)(C)C(C)(C)O2)cc1.COC(=O)C(C)(C)COc1ccc(Br)cc1. The Kier molecular flexibility index (Phi) is 15.6. The second kappa shape index (κ2) is 18.2. The molecule has 0 N–H and O–H groups in total. The summed E-state index contributed by atoms with van der Waals surface area (Å²) in [5.41, 5.74) is -2.56. The Morgan fingerprint density at radius 3 is 1.09 bits per heavy atom. The van der Waals surface area contributed by atoms with Crippen molar-refractivity contribution >= 4 is 54.5 Å². The molecule has 2 aromatic rings. The zero-order chi connectivity index (χ0) is 44.3. The summed E-state index contributed by atoms with van der Waals surface area (Å²) in [6, 6.07) is 15.0. The van der Waals surface area contributed by atoms with E-state index in [9.17, 15) is 9.59 Å². The molecule has 0 radical (unpaired) electrons. The van der Waals surface area contributed by atoms with Gasteiger partial charge in [-0.3, -0.25) is 9.59 Å². The van der Waals surface area contributed by atoms with Gasteiger partial charge in [-0.1, -0.05) is 28.1 Å². The molecule has 0 unspecified atom stereocenters. The maximum Gasteiger partial charge on any atom is 0.494 e. The molecule has 12 nitrogen and oxygen atoms in total. The molecule has 2 aromatic carbocycles. The lowest BCUT2D eigenvalue weighted by atomic mass is 9.49. The highest BCUT2D eigenvalue weighted by Crippen LogP contribution is 2.43. The Morgan fingerprint density at radius 1 is 0.517 bits per heavy atom. The summed E-state index contributed by atoms with van der Waals surface area (Å²) in [6.45, 7) is 32.0. The van der Waals surface area contributed by atoms with Gasteiger partial charge in [0.2, 0.25) is 0 Å². The van der Waals surface area contributed by atoms with Crippen molar-refractivity contribution in [2.24, 2.45) is 10.8 Å². The van der Waals surface area contributed by atoms with Crippen LogP contribution in [0.5, 0.6) is 11.5 Å². The van der Waals surface area contributed by atoms with E-state index in [0.717, 1.165) is 15.7 Å². The average molecular weight is 875 g/mol. The minimum atomic E-state index is -0.695. The van der Waals surface area contributed by atoms with Crippen molar-refractivity contribution in [3.05, 3.63) is 53.0 Å². The summed E-state index contributed by atoms with van der Waals surface area (Å²) in [4.78, 5) is 23.1. The van der Waals surface area contributed by atoms with Gasteiger partial charge in [-0.25, -0.2) is 0 Å². The highest BCUT2D eigenvalue weighted by molar-refractivity contribution is 9.10. The van der Waals surface area contributed by atoms with Gasteiger partial charge in [-0.15, -0.1) is 0 Å². The van der Waals surface area contributed by atoms with Crippen LogP contribution >= 0.6 is 15.9 Å². The second-order valence-electron chi connectivity index (χ2n) is 19.2. The molecular formula is C42H66B3BrO12. The Morgan fingerprint density at radius 2 is 0.793 bits per heavy atom. The second-order valence-corrected chi connectivity index (χ2v) is 20.1. The highest BCUT2D eigenvalue weighted by Gasteiger charge is 2.63. The third kappa shape index (κ3) is 12.0. The summed E-state index contributed by atoms with van der Waals surface area (Å²) >= 11 is 3.34. The number of benzene rings is 2. The van der Waals surface area contributed by atoms with E-state index in [-0.39, 0.29) is 52.2 Å². The lowest BCUT2D eigenvalue weighted by Crippen LogP contribution is -2.41. The number of hydrogen-bond acceptors (Lipinski definition) is 12. The first-order valence-corrected chi connectivity index (χ1v) is 20.5. The van der Waals surface area contributed by atoms with Gasteiger partial charge >= 0.3 is 33.1 Å². The van der Waals surface area contributed by atoms with Crippen LogP contribution in [0, 0.1) is 10.8 Å². The van der Waals surface area contributed by atoms with Crippen LogP contribution in [-0.2, 0) is 47.0 Å². The number of methoxy groups -OCH3 is 2. The Balaban J connectivity index is 0.000000239. The van der Waals surface area contributed by atoms with Crippen molar-refractivity contribution in [2.75, 3.05) is 27.4 Å². The van der Waals surface area contributed by atoms with Crippen molar-refractivity contribution < 1.29 is 56.5 Å². The topological polar surface area (TPSA) is 126 Å². The van der Waals surface area contributed by atoms with Crippen LogP contribution in [0.2, 0.25) is 0 Å². The van der Waals surface area contributed by atoms with Gasteiger partial charge in [-0.2, -0.15) is 0 Å². The molecule has 0 atom stereocenters. The number of esters is 2. The lowest BCUT2D eigenvalue weighted by molar-refractivity contribution is -0.153. The monoisotopic (exact) mass is 874 g/mol. The van der Waals surface area contributed by atoms with E-state index < -0.39 is 32.0 Å². The number of rotatable bonds is 10. The number of carbonyl (C=O) groups is 2. The first-order valence-electron chi connectivity index (χ1n) is 19.7. The highest BCUT2D eigenvalue weighted by atomic mass is 79.9. The fourth-order valence-electron chi connectivity index (χ4n) is 5.43. The third-order valence-corrected chi connectivity index (χ3v) is 12.2. The molecule has 3 heterocycles. The molecular weight excluding hydrogens is 809 g/mol. The van der Waals surface area contributed by atoms with Gasteiger partial charge < -0.3 is 46.9 Å². The van der Waals surface area contributed by atoms with Crippen molar-refractivity contribution in [1.29, 1.82) is 0 Å². The zero-order valence-corrected chi connectivity index (χ0v) is 39.6. The predicted molar refractivity (Wildman–Crippen MR) is 231 cm³/mol. The number of halogens is 1. The molecule has 3 fully saturated rings. The standard InChI is InChI=1S/C18H27BO5.C12H24B2O4.C12H15BrO3/c1-16(2,15(20)21-7)12-22-14-10-8-13(9-11-14)19-23-17(3,4)18(5,6)24-19;1-9(2)10(3,4)16-13(15-9)14-17-11(5,6)12(7,8)18-14;1-12(2,11(14)15-3)8-16-10-6-4-9(13)5-7-10/h8-11H,12H2,1-7H3;1-8H3;4-7H,8H2,1-3H3. The summed E-state index contributed by atoms with van der Waals surface area (Å²) in [5, 5.41) is 0. The quantitative estimate of drug-likeness (QED) is 0.171. The molecule has 0 saturated carbocycles. The average Bonchev–Trinajstić information content (AvgIpc) is 3.59. The molecule has 16 heteroatoms. The van der Waals surface area contributed by atoms with Crippen LogP contribution in [-0.4, -0.2) is 94.1 Å². The molecule has 322 valence electrons. The smallest absolute Gasteiger partial charge is 0.492 e. The molecule has 3 saturated heterocycles. The first kappa shape index (κ1) is 49.8. The van der Waals surface area contributed by atoms with E-state index in [1.165, 1.54) is 14.2 Å². The maximum atomic E-state index is 11.7. The summed E-state index contributed by atoms with van der Waals surface area (Å²) in [5.74, 6) is 0.855. The normalized spacial score (nSPS) is 20.9. The van der Waals surface area contributed by atoms with Crippen molar-refractivity contribution in [1.82, 2.24) is 0 Å². The summed E-state index contributed by atoms with van der Waals surface area (Å²) in [7, 11) is 1.41. The fourth-order valence-corrected chi connectivity index (χ4v) is 5.69. The van der Waals surface area contributed by atoms with Crippen LogP contribution in [0.4, 0.5) is 0 Å². The molecule has 58 heavy (non-hydrogen) atoms. The Labute approximate surface area is 356 Å². The third-order valence-electron chi connectivity index (χ3n) is 11.7. The van der Waals surface area contributed by atoms with Gasteiger partial charge in [0, 0.05) is 4.47 Å². The first-order chi connectivity index (χ1) is 26.3. The van der Waals surface area contributed by atoms with Crippen LogP contribution in [0.25, 0.3) is 0 Å². The molecule has 5 rings (SSSR count). The van der Waals surface area contributed by atoms with E-state index in [1.54, 1.807) is 27.7 Å². The van der Waals surface area contributed by atoms with Gasteiger partial charge in [0.05, 0.1) is 58.7 Å². The van der Waals surface area contributed by atoms with E-state index in [2.05, 4.69) is 15.9 Å². The van der Waals surface area contributed by atoms with Gasteiger partial charge in [0.1, 0.15) is 24.7 Å². The summed E-state index contributed by atoms with van der Waals surface area (Å²) < 4.78 is 57.6. The molecule has 0 bridgehead atoms. The Bertz CT molecular complexity index is 1610. The van der Waals surface area contributed by atoms with Crippen LogP contribution in [0.3, 0.4) is 0 Å². The number of hydrogen-bond donors (Lipinski definition) is 0. The van der Waals surface area contributed by atoms with E-state index in [0.29, 0.717) is 12.4 Å². The van der Waals surface area contributed by atoms with Crippen molar-refractivity contribution in [3.63, 3.8) is 0 Å². The minimum Gasteiger partial charge on any atom is -0.492 e. The van der Waals surface area contributed by atoms with Crippen LogP contribution < -0.4 is 14.9 Å². The maximum absolute atomic E-state index is 11.7. The minimum absolute atomic E-state index is 0.246. The molecule has 3 aliphatic heterocycles. The predicted octanol–water partition coefficient (Wildman–Crippen LogP) is 7.84. The largest absolute Gasteiger partial charge is 0.494 e. The van der Waals surface area contributed by atoms with Crippen molar-refractivity contribution in [3.8, 4) is 11.5 Å². The molecule has 0 aromatic heterocycles. The van der Waals surface area contributed by atoms with E-state index in [1.807, 2.05) is 132 Å². The molecule has 0 amide bonds. The van der Waals surface area contributed by atoms with Crippen molar-refractivity contribution in [2.45, 2.75) is 144 Å². The van der Waals surface area contributed by atoms with Gasteiger partial charge in [0.15, 0.2) is 0 Å². The fraction of sp³-hybridized carbons (Fsp3) is 0.667. The van der Waals surface area contributed by atoms with Crippen LogP contribution in [0.1, 0.15) is 111 Å². The summed E-state index contributed by atoms with van der Waals surface area (Å²) in [6.07, 6.45) is 0. The Hall–Kier alpha value is -2.59. The van der Waals surface area contributed by atoms with E-state index >= 15 is 0 Å². The van der Waals surface area contributed by atoms with E-state index in [4.69, 9.17) is 46.9 Å². The van der Waals surface area contributed by atoms with Gasteiger partial charge in [0.25, 0.3) is 0 Å². The molecule has 0 aliphatic carbocycles. The lowest BCUT2D eigenvalue weighted by Gasteiger charge is -2.32. The number of ether oxygens (including phenoxy) is 4. The number of carbonyl (C=O) groups excluding carboxylic acids is 2.